The van der Waals surface area contributed by atoms with Crippen LogP contribution in [-0.2, 0) is 4.74 Å². The Kier molecular flexibility index (Phi) is 5.27. The molecular formula is C16H32N2O. The van der Waals surface area contributed by atoms with E-state index in [4.69, 9.17) is 4.74 Å². The fourth-order valence-electron chi connectivity index (χ4n) is 3.76. The number of nitrogens with one attached hydrogen (secondary N) is 1. The van der Waals surface area contributed by atoms with Gasteiger partial charge in [-0.05, 0) is 37.6 Å². The molecule has 0 aromatic heterocycles. The SMILES string of the molecule is CCCNC1C(N2CCOC(CC)C2)CCC1(C)C. The molecule has 3 nitrogen and oxygen atoms in total. The second kappa shape index (κ2) is 6.55. The van der Waals surface area contributed by atoms with E-state index >= 15 is 0 Å². The quantitative estimate of drug-likeness (QED) is 0.829. The van der Waals surface area contributed by atoms with E-state index < -0.39 is 0 Å². The minimum Gasteiger partial charge on any atom is -0.376 e. The minimum absolute atomic E-state index is 0.430. The number of hydrogen-bond donors (Lipinski definition) is 1. The second-order valence-corrected chi connectivity index (χ2v) is 6.92. The van der Waals surface area contributed by atoms with Gasteiger partial charge in [0.2, 0.25) is 0 Å². The van der Waals surface area contributed by atoms with Crippen molar-refractivity contribution in [1.29, 1.82) is 0 Å². The summed E-state index contributed by atoms with van der Waals surface area (Å²) in [7, 11) is 0. The van der Waals surface area contributed by atoms with Gasteiger partial charge >= 0.3 is 0 Å². The fourth-order valence-corrected chi connectivity index (χ4v) is 3.76. The van der Waals surface area contributed by atoms with Crippen molar-refractivity contribution >= 4 is 0 Å². The summed E-state index contributed by atoms with van der Waals surface area (Å²) in [6, 6.07) is 1.35. The molecule has 3 heteroatoms. The lowest BCUT2D eigenvalue weighted by Crippen LogP contribution is -2.56. The Morgan fingerprint density at radius 1 is 1.32 bits per heavy atom. The Labute approximate surface area is 119 Å². The first-order valence-electron chi connectivity index (χ1n) is 8.17. The van der Waals surface area contributed by atoms with Crippen molar-refractivity contribution in [3.63, 3.8) is 0 Å². The van der Waals surface area contributed by atoms with Crippen molar-refractivity contribution < 1.29 is 4.74 Å². The number of hydrogen-bond acceptors (Lipinski definition) is 3. The molecule has 0 radical (unpaired) electrons. The van der Waals surface area contributed by atoms with Gasteiger partial charge in [-0.15, -0.1) is 0 Å². The van der Waals surface area contributed by atoms with E-state index in [2.05, 4.69) is 37.9 Å². The van der Waals surface area contributed by atoms with Crippen molar-refractivity contribution in [3.05, 3.63) is 0 Å². The Bertz CT molecular complexity index is 280. The van der Waals surface area contributed by atoms with Crippen LogP contribution in [0, 0.1) is 5.41 Å². The van der Waals surface area contributed by atoms with Crippen LogP contribution in [0.3, 0.4) is 0 Å². The molecule has 19 heavy (non-hydrogen) atoms. The van der Waals surface area contributed by atoms with Gasteiger partial charge in [0.25, 0.3) is 0 Å². The first-order valence-corrected chi connectivity index (χ1v) is 8.17. The molecule has 1 N–H and O–H groups in total. The van der Waals surface area contributed by atoms with E-state index in [1.807, 2.05) is 0 Å². The smallest absolute Gasteiger partial charge is 0.0700 e. The van der Waals surface area contributed by atoms with Crippen LogP contribution in [0.4, 0.5) is 0 Å². The standard InChI is InChI=1S/C16H32N2O/c1-5-9-17-15-14(7-8-16(15,3)4)18-10-11-19-13(6-2)12-18/h13-15,17H,5-12H2,1-4H3. The van der Waals surface area contributed by atoms with E-state index in [1.165, 1.54) is 19.3 Å². The van der Waals surface area contributed by atoms with Gasteiger partial charge in [0.15, 0.2) is 0 Å². The molecule has 1 saturated heterocycles. The zero-order valence-corrected chi connectivity index (χ0v) is 13.2. The zero-order chi connectivity index (χ0) is 13.9. The molecule has 2 fully saturated rings. The van der Waals surface area contributed by atoms with E-state index in [-0.39, 0.29) is 0 Å². The normalized spacial score (nSPS) is 35.7. The van der Waals surface area contributed by atoms with Gasteiger partial charge in [-0.3, -0.25) is 4.90 Å². The highest BCUT2D eigenvalue weighted by molar-refractivity contribution is 5.01. The molecule has 0 aromatic carbocycles. The summed E-state index contributed by atoms with van der Waals surface area (Å²) in [4.78, 5) is 2.69. The average molecular weight is 268 g/mol. The Morgan fingerprint density at radius 3 is 2.79 bits per heavy atom. The Hall–Kier alpha value is -0.120. The van der Waals surface area contributed by atoms with Crippen LogP contribution >= 0.6 is 0 Å². The topological polar surface area (TPSA) is 24.5 Å². The maximum absolute atomic E-state index is 5.82. The molecular weight excluding hydrogens is 236 g/mol. The highest BCUT2D eigenvalue weighted by Gasteiger charge is 2.44. The number of rotatable bonds is 5. The van der Waals surface area contributed by atoms with Crippen molar-refractivity contribution in [3.8, 4) is 0 Å². The molecule has 112 valence electrons. The third-order valence-electron chi connectivity index (χ3n) is 5.02. The van der Waals surface area contributed by atoms with Crippen LogP contribution in [0.2, 0.25) is 0 Å². The van der Waals surface area contributed by atoms with E-state index in [9.17, 15) is 0 Å². The molecule has 3 atom stereocenters. The van der Waals surface area contributed by atoms with Gasteiger partial charge < -0.3 is 10.1 Å². The largest absolute Gasteiger partial charge is 0.376 e. The summed E-state index contributed by atoms with van der Waals surface area (Å²) >= 11 is 0. The zero-order valence-electron chi connectivity index (χ0n) is 13.2. The molecule has 1 aliphatic carbocycles. The summed E-state index contributed by atoms with van der Waals surface area (Å²) in [5, 5.41) is 3.82. The summed E-state index contributed by atoms with van der Waals surface area (Å²) < 4.78 is 5.82. The molecule has 3 unspecified atom stereocenters. The number of ether oxygens (including phenoxy) is 1. The van der Waals surface area contributed by atoms with Crippen molar-refractivity contribution in [2.24, 2.45) is 5.41 Å². The van der Waals surface area contributed by atoms with E-state index in [1.54, 1.807) is 0 Å². The highest BCUT2D eigenvalue weighted by atomic mass is 16.5. The van der Waals surface area contributed by atoms with Gasteiger partial charge in [-0.25, -0.2) is 0 Å². The molecule has 0 spiro atoms. The minimum atomic E-state index is 0.430. The number of morpholine rings is 1. The summed E-state index contributed by atoms with van der Waals surface area (Å²) in [5.41, 5.74) is 0.430. The number of nitrogens with zero attached hydrogens (tertiary/aromatic N) is 1. The lowest BCUT2D eigenvalue weighted by molar-refractivity contribution is -0.0490. The van der Waals surface area contributed by atoms with Crippen LogP contribution in [0.25, 0.3) is 0 Å². The Balaban J connectivity index is 2.00. The Morgan fingerprint density at radius 2 is 2.11 bits per heavy atom. The summed E-state index contributed by atoms with van der Waals surface area (Å²) in [6.07, 6.45) is 5.49. The predicted octanol–water partition coefficient (Wildman–Crippen LogP) is 2.65. The first-order chi connectivity index (χ1) is 9.08. The average Bonchev–Trinajstić information content (AvgIpc) is 2.71. The van der Waals surface area contributed by atoms with Crippen molar-refractivity contribution in [2.45, 2.75) is 71.6 Å². The van der Waals surface area contributed by atoms with Crippen LogP contribution in [-0.4, -0.2) is 49.3 Å². The molecule has 2 rings (SSSR count). The van der Waals surface area contributed by atoms with Crippen LogP contribution in [0.5, 0.6) is 0 Å². The maximum Gasteiger partial charge on any atom is 0.0700 e. The van der Waals surface area contributed by atoms with E-state index in [0.29, 0.717) is 23.6 Å². The predicted molar refractivity (Wildman–Crippen MR) is 80.5 cm³/mol. The van der Waals surface area contributed by atoms with Gasteiger partial charge in [0.1, 0.15) is 0 Å². The molecule has 0 amide bonds. The fraction of sp³-hybridized carbons (Fsp3) is 1.00. The monoisotopic (exact) mass is 268 g/mol. The van der Waals surface area contributed by atoms with E-state index in [0.717, 1.165) is 32.7 Å². The van der Waals surface area contributed by atoms with Crippen LogP contribution in [0.1, 0.15) is 53.4 Å². The maximum atomic E-state index is 5.82. The summed E-state index contributed by atoms with van der Waals surface area (Å²) in [6.45, 7) is 13.6. The molecule has 2 aliphatic rings. The van der Waals surface area contributed by atoms with Crippen LogP contribution in [0.15, 0.2) is 0 Å². The molecule has 0 bridgehead atoms. The highest BCUT2D eigenvalue weighted by Crippen LogP contribution is 2.40. The lowest BCUT2D eigenvalue weighted by Gasteiger charge is -2.41. The summed E-state index contributed by atoms with van der Waals surface area (Å²) in [5.74, 6) is 0. The first kappa shape index (κ1) is 15.3. The molecule has 1 aliphatic heterocycles. The van der Waals surface area contributed by atoms with Gasteiger partial charge in [-0.1, -0.05) is 27.7 Å². The molecule has 1 heterocycles. The lowest BCUT2D eigenvalue weighted by atomic mass is 9.86. The van der Waals surface area contributed by atoms with Crippen molar-refractivity contribution in [1.82, 2.24) is 10.2 Å². The third kappa shape index (κ3) is 3.50. The van der Waals surface area contributed by atoms with Gasteiger partial charge in [0, 0.05) is 25.2 Å². The molecule has 1 saturated carbocycles. The van der Waals surface area contributed by atoms with Gasteiger partial charge in [-0.2, -0.15) is 0 Å². The third-order valence-corrected chi connectivity index (χ3v) is 5.02. The second-order valence-electron chi connectivity index (χ2n) is 6.92. The van der Waals surface area contributed by atoms with Gasteiger partial charge in [0.05, 0.1) is 12.7 Å². The van der Waals surface area contributed by atoms with Crippen molar-refractivity contribution in [2.75, 3.05) is 26.2 Å². The molecule has 0 aromatic rings. The van der Waals surface area contributed by atoms with Crippen LogP contribution < -0.4 is 5.32 Å².